The van der Waals surface area contributed by atoms with Crippen LogP contribution in [0.3, 0.4) is 0 Å². The van der Waals surface area contributed by atoms with Crippen LogP contribution in [0, 0.1) is 0 Å². The van der Waals surface area contributed by atoms with Crippen molar-refractivity contribution in [2.24, 2.45) is 0 Å². The number of benzene rings is 1. The van der Waals surface area contributed by atoms with Gasteiger partial charge in [0, 0.05) is 19.0 Å². The Morgan fingerprint density at radius 2 is 2.30 bits per heavy atom. The minimum atomic E-state index is -0.697. The Bertz CT molecular complexity index is 447. The van der Waals surface area contributed by atoms with E-state index >= 15 is 0 Å². The van der Waals surface area contributed by atoms with Crippen LogP contribution in [0.2, 0.25) is 0 Å². The molecule has 0 amide bonds. The molecule has 1 aliphatic heterocycles. The molecule has 0 radical (unpaired) electrons. The fourth-order valence-corrected chi connectivity index (χ4v) is 2.89. The third-order valence-electron chi connectivity index (χ3n) is 3.96. The summed E-state index contributed by atoms with van der Waals surface area (Å²) in [5.41, 5.74) is 1.23. The zero-order chi connectivity index (χ0) is 14.4. The van der Waals surface area contributed by atoms with Gasteiger partial charge in [0.25, 0.3) is 0 Å². The Kier molecular flexibility index (Phi) is 5.41. The summed E-state index contributed by atoms with van der Waals surface area (Å²) < 4.78 is 5.25. The lowest BCUT2D eigenvalue weighted by molar-refractivity contribution is -0.137. The molecule has 1 fully saturated rings. The number of rotatable bonds is 6. The molecule has 1 saturated heterocycles. The number of nitrogens with zero attached hydrogens (tertiary/aromatic N) is 1. The summed E-state index contributed by atoms with van der Waals surface area (Å²) in [4.78, 5) is 13.2. The first-order valence-electron chi connectivity index (χ1n) is 7.28. The fourth-order valence-electron chi connectivity index (χ4n) is 2.89. The van der Waals surface area contributed by atoms with Crippen molar-refractivity contribution in [3.8, 4) is 5.75 Å². The van der Waals surface area contributed by atoms with Gasteiger partial charge in [-0.2, -0.15) is 0 Å². The van der Waals surface area contributed by atoms with Crippen LogP contribution in [-0.4, -0.2) is 35.7 Å². The maximum Gasteiger partial charge on any atom is 0.303 e. The van der Waals surface area contributed by atoms with Crippen molar-refractivity contribution in [1.82, 2.24) is 4.90 Å². The average Bonchev–Trinajstić information content (AvgIpc) is 2.46. The molecule has 1 heterocycles. The van der Waals surface area contributed by atoms with Gasteiger partial charge in [-0.1, -0.05) is 18.6 Å². The SMILES string of the molecule is COc1cccc(CN2CCCCC2CCC(=O)O)c1. The zero-order valence-corrected chi connectivity index (χ0v) is 12.0. The predicted molar refractivity (Wildman–Crippen MR) is 77.9 cm³/mol. The molecular formula is C16H23NO3. The molecule has 4 heteroatoms. The molecular weight excluding hydrogens is 254 g/mol. The van der Waals surface area contributed by atoms with Crippen molar-refractivity contribution in [2.45, 2.75) is 44.7 Å². The van der Waals surface area contributed by atoms with Gasteiger partial charge in [0.2, 0.25) is 0 Å². The van der Waals surface area contributed by atoms with E-state index < -0.39 is 5.97 Å². The summed E-state index contributed by atoms with van der Waals surface area (Å²) in [5.74, 6) is 0.179. The van der Waals surface area contributed by atoms with Crippen molar-refractivity contribution >= 4 is 5.97 Å². The lowest BCUT2D eigenvalue weighted by atomic mass is 9.97. The molecule has 1 aromatic carbocycles. The summed E-state index contributed by atoms with van der Waals surface area (Å²) in [5, 5.41) is 8.85. The minimum Gasteiger partial charge on any atom is -0.497 e. The standard InChI is InChI=1S/C16H23NO3/c1-20-15-7-4-5-13(11-15)12-17-10-3-2-6-14(17)8-9-16(18)19/h4-5,7,11,14H,2-3,6,8-10,12H2,1H3,(H,18,19). The predicted octanol–water partition coefficient (Wildman–Crippen LogP) is 2.91. The van der Waals surface area contributed by atoms with Crippen LogP contribution in [0.1, 0.15) is 37.7 Å². The molecule has 1 aromatic rings. The summed E-state index contributed by atoms with van der Waals surface area (Å²) in [7, 11) is 1.68. The number of carbonyl (C=O) groups is 1. The van der Waals surface area contributed by atoms with E-state index in [9.17, 15) is 4.79 Å². The molecule has 2 rings (SSSR count). The number of likely N-dealkylation sites (tertiary alicyclic amines) is 1. The van der Waals surface area contributed by atoms with Crippen molar-refractivity contribution in [3.05, 3.63) is 29.8 Å². The normalized spacial score (nSPS) is 19.8. The first-order valence-corrected chi connectivity index (χ1v) is 7.28. The number of hydrogen-bond acceptors (Lipinski definition) is 3. The summed E-state index contributed by atoms with van der Waals surface area (Å²) in [6.07, 6.45) is 4.53. The molecule has 0 aromatic heterocycles. The second kappa shape index (κ2) is 7.29. The van der Waals surface area contributed by atoms with Crippen LogP contribution in [0.4, 0.5) is 0 Å². The van der Waals surface area contributed by atoms with E-state index in [1.54, 1.807) is 7.11 Å². The quantitative estimate of drug-likeness (QED) is 0.868. The summed E-state index contributed by atoms with van der Waals surface area (Å²) >= 11 is 0. The van der Waals surface area contributed by atoms with Crippen LogP contribution in [0.25, 0.3) is 0 Å². The molecule has 1 unspecified atom stereocenters. The molecule has 0 saturated carbocycles. The van der Waals surface area contributed by atoms with E-state index in [0.717, 1.165) is 31.7 Å². The van der Waals surface area contributed by atoms with E-state index in [1.165, 1.54) is 18.4 Å². The number of carboxylic acids is 1. The highest BCUT2D eigenvalue weighted by atomic mass is 16.5. The maximum atomic E-state index is 10.8. The molecule has 1 atom stereocenters. The second-order valence-corrected chi connectivity index (χ2v) is 5.40. The van der Waals surface area contributed by atoms with Gasteiger partial charge in [-0.05, 0) is 43.5 Å². The van der Waals surface area contributed by atoms with Gasteiger partial charge in [0.1, 0.15) is 5.75 Å². The van der Waals surface area contributed by atoms with Gasteiger partial charge in [-0.25, -0.2) is 0 Å². The van der Waals surface area contributed by atoms with Crippen LogP contribution in [-0.2, 0) is 11.3 Å². The highest BCUT2D eigenvalue weighted by Gasteiger charge is 2.22. The summed E-state index contributed by atoms with van der Waals surface area (Å²) in [6, 6.07) is 8.51. The number of hydrogen-bond donors (Lipinski definition) is 1. The number of aliphatic carboxylic acids is 1. The van der Waals surface area contributed by atoms with Crippen molar-refractivity contribution < 1.29 is 14.6 Å². The average molecular weight is 277 g/mol. The Labute approximate surface area is 120 Å². The lowest BCUT2D eigenvalue weighted by Gasteiger charge is -2.35. The van der Waals surface area contributed by atoms with Crippen LogP contribution in [0.15, 0.2) is 24.3 Å². The monoisotopic (exact) mass is 277 g/mol. The number of methoxy groups -OCH3 is 1. The molecule has 0 aliphatic carbocycles. The van der Waals surface area contributed by atoms with Crippen LogP contribution in [0.5, 0.6) is 5.75 Å². The third-order valence-corrected chi connectivity index (χ3v) is 3.96. The maximum absolute atomic E-state index is 10.8. The van der Waals surface area contributed by atoms with Gasteiger partial charge < -0.3 is 9.84 Å². The molecule has 20 heavy (non-hydrogen) atoms. The van der Waals surface area contributed by atoms with Crippen molar-refractivity contribution in [2.75, 3.05) is 13.7 Å². The van der Waals surface area contributed by atoms with Crippen molar-refractivity contribution in [1.29, 1.82) is 0 Å². The molecule has 1 N–H and O–H groups in total. The van der Waals surface area contributed by atoms with E-state index in [0.29, 0.717) is 6.04 Å². The Morgan fingerprint density at radius 3 is 3.05 bits per heavy atom. The Morgan fingerprint density at radius 1 is 1.45 bits per heavy atom. The van der Waals surface area contributed by atoms with Gasteiger partial charge in [0.05, 0.1) is 7.11 Å². The van der Waals surface area contributed by atoms with Crippen LogP contribution < -0.4 is 4.74 Å². The van der Waals surface area contributed by atoms with E-state index in [2.05, 4.69) is 17.0 Å². The van der Waals surface area contributed by atoms with Gasteiger partial charge in [-0.3, -0.25) is 9.69 Å². The number of piperidine rings is 1. The van der Waals surface area contributed by atoms with E-state index in [1.807, 2.05) is 12.1 Å². The molecule has 0 spiro atoms. The van der Waals surface area contributed by atoms with E-state index in [-0.39, 0.29) is 6.42 Å². The fraction of sp³-hybridized carbons (Fsp3) is 0.562. The molecule has 1 aliphatic rings. The van der Waals surface area contributed by atoms with Crippen LogP contribution >= 0.6 is 0 Å². The topological polar surface area (TPSA) is 49.8 Å². The van der Waals surface area contributed by atoms with E-state index in [4.69, 9.17) is 9.84 Å². The second-order valence-electron chi connectivity index (χ2n) is 5.40. The smallest absolute Gasteiger partial charge is 0.303 e. The third kappa shape index (κ3) is 4.23. The van der Waals surface area contributed by atoms with Gasteiger partial charge in [-0.15, -0.1) is 0 Å². The van der Waals surface area contributed by atoms with Gasteiger partial charge in [0.15, 0.2) is 0 Å². The largest absolute Gasteiger partial charge is 0.497 e. The summed E-state index contributed by atoms with van der Waals surface area (Å²) in [6.45, 7) is 1.93. The first-order chi connectivity index (χ1) is 9.69. The number of ether oxygens (including phenoxy) is 1. The molecule has 110 valence electrons. The highest BCUT2D eigenvalue weighted by molar-refractivity contribution is 5.66. The van der Waals surface area contributed by atoms with Crippen molar-refractivity contribution in [3.63, 3.8) is 0 Å². The number of carboxylic acid groups (broad SMARTS) is 1. The Hall–Kier alpha value is -1.55. The molecule has 0 bridgehead atoms. The Balaban J connectivity index is 1.98. The van der Waals surface area contributed by atoms with Gasteiger partial charge >= 0.3 is 5.97 Å². The molecule has 4 nitrogen and oxygen atoms in total. The zero-order valence-electron chi connectivity index (χ0n) is 12.0. The first kappa shape index (κ1) is 14.9. The minimum absolute atomic E-state index is 0.263. The highest BCUT2D eigenvalue weighted by Crippen LogP contribution is 2.24. The lowest BCUT2D eigenvalue weighted by Crippen LogP contribution is -2.39.